The molecule has 0 saturated carbocycles. The molecule has 10 heteroatoms. The number of hydrogen-bond acceptors (Lipinski definition) is 6. The molecule has 0 spiro atoms. The van der Waals surface area contributed by atoms with Crippen molar-refractivity contribution in [1.29, 1.82) is 0 Å². The summed E-state index contributed by atoms with van der Waals surface area (Å²) in [6, 6.07) is 0. The van der Waals surface area contributed by atoms with Crippen LogP contribution in [0.2, 0.25) is 78.6 Å². The van der Waals surface area contributed by atoms with Crippen LogP contribution in [0.3, 0.4) is 0 Å². The molecular formula is C18H42O6Si4. The Morgan fingerprint density at radius 2 is 1.29 bits per heavy atom. The van der Waals surface area contributed by atoms with Gasteiger partial charge in [-0.2, -0.15) is 0 Å². The summed E-state index contributed by atoms with van der Waals surface area (Å²) in [5.74, 6) is -0.340. The molecule has 28 heavy (non-hydrogen) atoms. The highest BCUT2D eigenvalue weighted by atomic mass is 28.4. The van der Waals surface area contributed by atoms with E-state index in [1.54, 1.807) is 0 Å². The molecule has 0 radical (unpaired) electrons. The van der Waals surface area contributed by atoms with Gasteiger partial charge in [0.15, 0.2) is 45.5 Å². The number of rotatable bonds is 10. The second kappa shape index (κ2) is 9.12. The fraction of sp³-hybridized carbons (Fsp3) is 0.944. The van der Waals surface area contributed by atoms with E-state index in [1.807, 2.05) is 0 Å². The summed E-state index contributed by atoms with van der Waals surface area (Å²) < 4.78 is 31.1. The zero-order valence-corrected chi connectivity index (χ0v) is 24.0. The molecule has 0 amide bonds. The molecule has 166 valence electrons. The molecule has 0 aromatic carbocycles. The van der Waals surface area contributed by atoms with Crippen molar-refractivity contribution in [2.24, 2.45) is 0 Å². The van der Waals surface area contributed by atoms with Crippen molar-refractivity contribution in [3.05, 3.63) is 0 Å². The Kier molecular flexibility index (Phi) is 8.54. The van der Waals surface area contributed by atoms with Gasteiger partial charge in [-0.3, -0.25) is 0 Å². The maximum atomic E-state index is 12.8. The molecule has 0 aliphatic carbocycles. The molecule has 1 unspecified atom stereocenters. The third kappa shape index (κ3) is 9.79. The smallest absolute Gasteiger partial charge is 0.337 e. The number of esters is 1. The van der Waals surface area contributed by atoms with E-state index >= 15 is 0 Å². The summed E-state index contributed by atoms with van der Waals surface area (Å²) in [6.45, 7) is 25.8. The fourth-order valence-electron chi connectivity index (χ4n) is 2.88. The van der Waals surface area contributed by atoms with Crippen LogP contribution in [0.15, 0.2) is 0 Å². The summed E-state index contributed by atoms with van der Waals surface area (Å²) >= 11 is 0. The van der Waals surface area contributed by atoms with Gasteiger partial charge in [0.25, 0.3) is 0 Å². The first-order chi connectivity index (χ1) is 12.3. The first-order valence-corrected chi connectivity index (χ1v) is 23.8. The lowest BCUT2D eigenvalue weighted by atomic mass is 10.1. The average Bonchev–Trinajstić information content (AvgIpc) is 2.66. The van der Waals surface area contributed by atoms with Gasteiger partial charge in [0, 0.05) is 0 Å². The SMILES string of the molecule is C[Si](C)(C)OCC(O[Si](C)(C)C)[C@@H]1OC(=O)[C@@H](O[Si](C)(C)C)[C@H]1O[Si](C)(C)C. The Hall–Kier alpha value is 0.178. The number of ether oxygens (including phenoxy) is 1. The van der Waals surface area contributed by atoms with Crippen LogP contribution < -0.4 is 0 Å². The summed E-state index contributed by atoms with van der Waals surface area (Å²) in [5, 5.41) is 0. The van der Waals surface area contributed by atoms with Crippen molar-refractivity contribution in [3.8, 4) is 0 Å². The van der Waals surface area contributed by atoms with Crippen molar-refractivity contribution in [1.82, 2.24) is 0 Å². The van der Waals surface area contributed by atoms with Gasteiger partial charge in [-0.05, 0) is 78.6 Å². The number of carbonyl (C=O) groups is 1. The first-order valence-electron chi connectivity index (χ1n) is 10.2. The molecule has 1 aliphatic rings. The van der Waals surface area contributed by atoms with E-state index in [2.05, 4.69) is 78.6 Å². The lowest BCUT2D eigenvalue weighted by Crippen LogP contribution is -2.53. The molecule has 0 aromatic heterocycles. The zero-order valence-electron chi connectivity index (χ0n) is 20.0. The fourth-order valence-corrected chi connectivity index (χ4v) is 6.72. The average molecular weight is 467 g/mol. The van der Waals surface area contributed by atoms with Gasteiger partial charge in [0.1, 0.15) is 12.2 Å². The summed E-state index contributed by atoms with van der Waals surface area (Å²) in [7, 11) is -7.56. The molecule has 1 saturated heterocycles. The number of cyclic esters (lactones) is 1. The van der Waals surface area contributed by atoms with E-state index < -0.39 is 51.6 Å². The van der Waals surface area contributed by atoms with E-state index in [4.69, 9.17) is 22.4 Å². The van der Waals surface area contributed by atoms with Crippen molar-refractivity contribution in [2.45, 2.75) is 103 Å². The van der Waals surface area contributed by atoms with Crippen LogP contribution in [0.1, 0.15) is 0 Å². The van der Waals surface area contributed by atoms with Gasteiger partial charge in [0.2, 0.25) is 0 Å². The Balaban J connectivity index is 3.20. The monoisotopic (exact) mass is 466 g/mol. The summed E-state index contributed by atoms with van der Waals surface area (Å²) in [5.41, 5.74) is 0. The summed E-state index contributed by atoms with van der Waals surface area (Å²) in [6.07, 6.45) is -2.01. The molecule has 1 rings (SSSR count). The zero-order chi connectivity index (χ0) is 22.1. The van der Waals surface area contributed by atoms with E-state index in [0.717, 1.165) is 0 Å². The highest BCUT2D eigenvalue weighted by molar-refractivity contribution is 6.71. The first kappa shape index (κ1) is 26.2. The molecular weight excluding hydrogens is 425 g/mol. The van der Waals surface area contributed by atoms with E-state index in [-0.39, 0.29) is 12.1 Å². The maximum Gasteiger partial charge on any atom is 0.337 e. The molecule has 6 nitrogen and oxygen atoms in total. The van der Waals surface area contributed by atoms with Gasteiger partial charge >= 0.3 is 5.97 Å². The van der Waals surface area contributed by atoms with Crippen molar-refractivity contribution < 1.29 is 27.2 Å². The maximum absolute atomic E-state index is 12.8. The predicted molar refractivity (Wildman–Crippen MR) is 124 cm³/mol. The van der Waals surface area contributed by atoms with E-state index in [1.165, 1.54) is 0 Å². The predicted octanol–water partition coefficient (Wildman–Crippen LogP) is 4.42. The van der Waals surface area contributed by atoms with Crippen molar-refractivity contribution in [3.63, 3.8) is 0 Å². The summed E-state index contributed by atoms with van der Waals surface area (Å²) in [4.78, 5) is 12.8. The second-order valence-corrected chi connectivity index (χ2v) is 29.3. The van der Waals surface area contributed by atoms with Gasteiger partial charge in [0.05, 0.1) is 6.61 Å². The van der Waals surface area contributed by atoms with Crippen LogP contribution in [0, 0.1) is 0 Å². The van der Waals surface area contributed by atoms with Crippen LogP contribution >= 0.6 is 0 Å². The largest absolute Gasteiger partial charge is 0.455 e. The highest BCUT2D eigenvalue weighted by Crippen LogP contribution is 2.31. The number of carbonyl (C=O) groups excluding carboxylic acids is 1. The van der Waals surface area contributed by atoms with Gasteiger partial charge in [-0.15, -0.1) is 0 Å². The Bertz CT molecular complexity index is 530. The number of hydrogen-bond donors (Lipinski definition) is 0. The molecule has 1 fully saturated rings. The Morgan fingerprint density at radius 3 is 1.68 bits per heavy atom. The van der Waals surface area contributed by atoms with Crippen molar-refractivity contribution >= 4 is 39.2 Å². The molecule has 1 heterocycles. The minimum absolute atomic E-state index is 0.340. The molecule has 4 atom stereocenters. The second-order valence-electron chi connectivity index (χ2n) is 11.4. The van der Waals surface area contributed by atoms with Gasteiger partial charge < -0.3 is 22.4 Å². The van der Waals surface area contributed by atoms with E-state index in [9.17, 15) is 4.79 Å². The lowest BCUT2D eigenvalue weighted by molar-refractivity contribution is -0.150. The van der Waals surface area contributed by atoms with Crippen LogP contribution in [0.5, 0.6) is 0 Å². The quantitative estimate of drug-likeness (QED) is 0.351. The van der Waals surface area contributed by atoms with Crippen molar-refractivity contribution in [2.75, 3.05) is 6.61 Å². The Morgan fingerprint density at radius 1 is 0.786 bits per heavy atom. The minimum atomic E-state index is -1.96. The molecule has 0 bridgehead atoms. The van der Waals surface area contributed by atoms with Crippen LogP contribution in [0.25, 0.3) is 0 Å². The Labute approximate surface area is 176 Å². The van der Waals surface area contributed by atoms with Crippen LogP contribution in [-0.4, -0.2) is 70.3 Å². The van der Waals surface area contributed by atoms with Gasteiger partial charge in [-0.25, -0.2) is 4.79 Å². The molecule has 0 aromatic rings. The molecule has 1 aliphatic heterocycles. The normalized spacial score (nSPS) is 25.7. The van der Waals surface area contributed by atoms with Crippen LogP contribution in [0.4, 0.5) is 0 Å². The minimum Gasteiger partial charge on any atom is -0.455 e. The topological polar surface area (TPSA) is 63.2 Å². The van der Waals surface area contributed by atoms with E-state index in [0.29, 0.717) is 6.61 Å². The van der Waals surface area contributed by atoms with Gasteiger partial charge in [-0.1, -0.05) is 0 Å². The molecule has 0 N–H and O–H groups in total. The lowest BCUT2D eigenvalue weighted by Gasteiger charge is -2.36. The standard InChI is InChI=1S/C18H42O6Si4/c1-25(2,3)20-13-14(22-26(4,5)6)15-16(23-27(7,8)9)17(18(19)21-15)24-28(10,11)12/h14-17H,13H2,1-12H3/t14?,15-,16-,17-/m0/s1. The third-order valence-corrected chi connectivity index (χ3v) is 7.61. The highest BCUT2D eigenvalue weighted by Gasteiger charge is 2.53. The van der Waals surface area contributed by atoms with Crippen LogP contribution in [-0.2, 0) is 27.2 Å². The third-order valence-electron chi connectivity index (χ3n) is 3.63.